The number of alkyl halides is 3. The molecule has 1 saturated carbocycles. The number of Topliss-reactive ketones (excluding diaryl/α,β-unsaturated/α-hetero) is 1. The van der Waals surface area contributed by atoms with Crippen molar-refractivity contribution in [1.82, 2.24) is 0 Å². The van der Waals surface area contributed by atoms with Crippen LogP contribution in [0.4, 0.5) is 13.2 Å². The molecule has 0 spiro atoms. The first-order chi connectivity index (χ1) is 14.8. The van der Waals surface area contributed by atoms with E-state index in [1.54, 1.807) is 6.92 Å². The normalized spacial score (nSPS) is 15.4. The van der Waals surface area contributed by atoms with Crippen LogP contribution in [0.15, 0.2) is 60.7 Å². The molecule has 0 aliphatic heterocycles. The molecule has 3 rings (SSSR count). The zero-order chi connectivity index (χ0) is 22.7. The highest BCUT2D eigenvalue weighted by atomic mass is 19.4. The summed E-state index contributed by atoms with van der Waals surface area (Å²) in [5.41, 5.74) is -0.463. The zero-order valence-electron chi connectivity index (χ0n) is 17.7. The lowest BCUT2D eigenvalue weighted by Crippen LogP contribution is -2.34. The topological polar surface area (TPSA) is 43.4 Å². The van der Waals surface area contributed by atoms with Crippen LogP contribution in [-0.2, 0) is 26.9 Å². The fourth-order valence-electron chi connectivity index (χ4n) is 3.71. The molecule has 0 saturated heterocycles. The van der Waals surface area contributed by atoms with E-state index < -0.39 is 23.6 Å². The Bertz CT molecular complexity index is 786. The molecule has 0 N–H and O–H groups in total. The molecule has 168 valence electrons. The fraction of sp³-hybridized carbons (Fsp3) is 0.440. The van der Waals surface area contributed by atoms with Gasteiger partial charge in [0.2, 0.25) is 0 Å². The second-order valence-electron chi connectivity index (χ2n) is 7.60. The van der Waals surface area contributed by atoms with Gasteiger partial charge in [0.15, 0.2) is 5.78 Å². The Morgan fingerprint density at radius 1 is 0.968 bits per heavy atom. The summed E-state index contributed by atoms with van der Waals surface area (Å²) in [6.07, 6.45) is -0.0952. The van der Waals surface area contributed by atoms with Gasteiger partial charge in [-0.2, -0.15) is 13.2 Å². The first-order valence-corrected chi connectivity index (χ1v) is 10.7. The minimum absolute atomic E-state index is 0.0575. The van der Waals surface area contributed by atoms with Crippen molar-refractivity contribution in [2.24, 2.45) is 11.8 Å². The number of benzene rings is 2. The van der Waals surface area contributed by atoms with E-state index in [-0.39, 0.29) is 24.7 Å². The van der Waals surface area contributed by atoms with Crippen LogP contribution in [-0.4, -0.2) is 18.4 Å². The molecule has 1 unspecified atom stereocenters. The largest absolute Gasteiger partial charge is 0.465 e. The highest BCUT2D eigenvalue weighted by Crippen LogP contribution is 2.31. The molecular formula is C25H29F3O3. The van der Waals surface area contributed by atoms with Crippen molar-refractivity contribution in [2.45, 2.75) is 51.6 Å². The summed E-state index contributed by atoms with van der Waals surface area (Å²) in [6, 6.07) is 16.8. The van der Waals surface area contributed by atoms with E-state index in [2.05, 4.69) is 0 Å². The van der Waals surface area contributed by atoms with Crippen molar-refractivity contribution >= 4 is 11.8 Å². The molecule has 1 fully saturated rings. The molecule has 0 bridgehead atoms. The van der Waals surface area contributed by atoms with E-state index in [1.807, 2.05) is 36.4 Å². The Kier molecular flexibility index (Phi) is 9.76. The van der Waals surface area contributed by atoms with Gasteiger partial charge in [0.1, 0.15) is 5.92 Å². The van der Waals surface area contributed by atoms with Gasteiger partial charge in [0, 0.05) is 5.92 Å². The van der Waals surface area contributed by atoms with Crippen LogP contribution in [0.5, 0.6) is 0 Å². The van der Waals surface area contributed by atoms with Gasteiger partial charge in [0.25, 0.3) is 0 Å². The minimum Gasteiger partial charge on any atom is -0.465 e. The fourth-order valence-corrected chi connectivity index (χ4v) is 3.71. The standard InChI is InChI=1S/C19H23F3O3.C6H6/c1-2-25-18(24)16(17(23)14-8-4-3-5-9-14)12-13-7-6-10-15(11-13)19(20,21)22;1-2-4-6-5-3-1/h6-7,10-11,14,16H,2-5,8-9,12H2,1H3;1-6H. The summed E-state index contributed by atoms with van der Waals surface area (Å²) in [7, 11) is 0. The van der Waals surface area contributed by atoms with Gasteiger partial charge < -0.3 is 4.74 Å². The molecule has 31 heavy (non-hydrogen) atoms. The molecule has 0 aromatic heterocycles. The predicted molar refractivity (Wildman–Crippen MR) is 113 cm³/mol. The van der Waals surface area contributed by atoms with Crippen LogP contribution in [0.2, 0.25) is 0 Å². The highest BCUT2D eigenvalue weighted by molar-refractivity contribution is 6.00. The van der Waals surface area contributed by atoms with Crippen LogP contribution in [0.25, 0.3) is 0 Å². The van der Waals surface area contributed by atoms with Crippen LogP contribution >= 0.6 is 0 Å². The Hall–Kier alpha value is -2.63. The average molecular weight is 434 g/mol. The summed E-state index contributed by atoms with van der Waals surface area (Å²) >= 11 is 0. The molecule has 1 aliphatic rings. The van der Waals surface area contributed by atoms with Crippen LogP contribution < -0.4 is 0 Å². The van der Waals surface area contributed by atoms with Gasteiger partial charge in [-0.3, -0.25) is 9.59 Å². The summed E-state index contributed by atoms with van der Waals surface area (Å²) in [6.45, 7) is 1.78. The van der Waals surface area contributed by atoms with Crippen LogP contribution in [0.3, 0.4) is 0 Å². The van der Waals surface area contributed by atoms with Crippen molar-refractivity contribution < 1.29 is 27.5 Å². The monoisotopic (exact) mass is 434 g/mol. The maximum Gasteiger partial charge on any atom is 0.416 e. The molecule has 0 heterocycles. The maximum atomic E-state index is 12.9. The third-order valence-corrected chi connectivity index (χ3v) is 5.28. The molecule has 1 aliphatic carbocycles. The third kappa shape index (κ3) is 8.19. The van der Waals surface area contributed by atoms with E-state index in [4.69, 9.17) is 4.74 Å². The number of hydrogen-bond acceptors (Lipinski definition) is 3. The van der Waals surface area contributed by atoms with Gasteiger partial charge in [-0.25, -0.2) is 0 Å². The van der Waals surface area contributed by atoms with Gasteiger partial charge in [-0.15, -0.1) is 0 Å². The van der Waals surface area contributed by atoms with Crippen LogP contribution in [0, 0.1) is 11.8 Å². The second-order valence-corrected chi connectivity index (χ2v) is 7.60. The predicted octanol–water partition coefficient (Wildman–Crippen LogP) is 6.26. The number of ketones is 1. The Labute approximate surface area is 181 Å². The van der Waals surface area contributed by atoms with Crippen molar-refractivity contribution in [3.05, 3.63) is 71.8 Å². The smallest absolute Gasteiger partial charge is 0.416 e. The van der Waals surface area contributed by atoms with Crippen molar-refractivity contribution in [3.8, 4) is 0 Å². The van der Waals surface area contributed by atoms with Crippen molar-refractivity contribution in [2.75, 3.05) is 6.61 Å². The van der Waals surface area contributed by atoms with Gasteiger partial charge in [-0.1, -0.05) is 73.9 Å². The van der Waals surface area contributed by atoms with E-state index in [9.17, 15) is 22.8 Å². The van der Waals surface area contributed by atoms with E-state index in [1.165, 1.54) is 12.1 Å². The number of halogens is 3. The molecule has 2 aromatic rings. The lowest BCUT2D eigenvalue weighted by molar-refractivity contribution is -0.152. The molecule has 1 atom stereocenters. The third-order valence-electron chi connectivity index (χ3n) is 5.28. The quantitative estimate of drug-likeness (QED) is 0.398. The number of rotatable bonds is 6. The summed E-state index contributed by atoms with van der Waals surface area (Å²) in [4.78, 5) is 25.0. The highest BCUT2D eigenvalue weighted by Gasteiger charge is 2.35. The Morgan fingerprint density at radius 3 is 2.06 bits per heavy atom. The molecule has 0 amide bonds. The van der Waals surface area contributed by atoms with E-state index >= 15 is 0 Å². The number of hydrogen-bond donors (Lipinski definition) is 0. The van der Waals surface area contributed by atoms with Crippen molar-refractivity contribution in [1.29, 1.82) is 0 Å². The zero-order valence-corrected chi connectivity index (χ0v) is 17.7. The lowest BCUT2D eigenvalue weighted by atomic mass is 9.80. The molecule has 0 radical (unpaired) electrons. The van der Waals surface area contributed by atoms with E-state index in [0.717, 1.165) is 44.2 Å². The number of esters is 1. The summed E-state index contributed by atoms with van der Waals surface area (Å²) in [5.74, 6) is -2.08. The Balaban J connectivity index is 0.000000488. The average Bonchev–Trinajstić information content (AvgIpc) is 2.79. The minimum atomic E-state index is -4.46. The SMILES string of the molecule is CCOC(=O)C(Cc1cccc(C(F)(F)F)c1)C(=O)C1CCCCC1.c1ccccc1. The van der Waals surface area contributed by atoms with E-state index in [0.29, 0.717) is 5.56 Å². The van der Waals surface area contributed by atoms with Crippen LogP contribution in [0.1, 0.15) is 50.2 Å². The number of carbonyl (C=O) groups is 2. The van der Waals surface area contributed by atoms with Gasteiger partial charge in [0.05, 0.1) is 12.2 Å². The maximum absolute atomic E-state index is 12.9. The lowest BCUT2D eigenvalue weighted by Gasteiger charge is -2.24. The van der Waals surface area contributed by atoms with Gasteiger partial charge >= 0.3 is 12.1 Å². The number of carbonyl (C=O) groups excluding carboxylic acids is 2. The first-order valence-electron chi connectivity index (χ1n) is 10.7. The molecule has 2 aromatic carbocycles. The summed E-state index contributed by atoms with van der Waals surface area (Å²) < 4.78 is 43.6. The first kappa shape index (κ1) is 24.6. The number of ether oxygens (including phenoxy) is 1. The Morgan fingerprint density at radius 2 is 1.55 bits per heavy atom. The second kappa shape index (κ2) is 12.3. The summed E-state index contributed by atoms with van der Waals surface area (Å²) in [5, 5.41) is 0. The molecule has 3 nitrogen and oxygen atoms in total. The van der Waals surface area contributed by atoms with Crippen molar-refractivity contribution in [3.63, 3.8) is 0 Å². The molecular weight excluding hydrogens is 405 g/mol. The van der Waals surface area contributed by atoms with Gasteiger partial charge in [-0.05, 0) is 37.8 Å². The molecule has 6 heteroatoms.